The first-order chi connectivity index (χ1) is 11.3. The van der Waals surface area contributed by atoms with E-state index < -0.39 is 11.5 Å². The lowest BCUT2D eigenvalue weighted by molar-refractivity contribution is 0.102. The highest BCUT2D eigenvalue weighted by Crippen LogP contribution is 2.14. The summed E-state index contributed by atoms with van der Waals surface area (Å²) in [6.07, 6.45) is 1.62. The van der Waals surface area contributed by atoms with Crippen molar-refractivity contribution in [3.63, 3.8) is 0 Å². The summed E-state index contributed by atoms with van der Waals surface area (Å²) in [4.78, 5) is 24.6. The van der Waals surface area contributed by atoms with Gasteiger partial charge < -0.3 is 9.73 Å². The molecule has 0 unspecified atom stereocenters. The molecule has 130 valence electrons. The third kappa shape index (κ3) is 4.13. The third-order valence-corrected chi connectivity index (χ3v) is 3.92. The molecule has 0 bridgehead atoms. The van der Waals surface area contributed by atoms with Crippen molar-refractivity contribution in [1.82, 2.24) is 9.78 Å². The number of anilines is 1. The zero-order valence-electron chi connectivity index (χ0n) is 15.0. The van der Waals surface area contributed by atoms with E-state index in [2.05, 4.69) is 24.3 Å². The van der Waals surface area contributed by atoms with Gasteiger partial charge in [0.1, 0.15) is 11.3 Å². The number of nitrogens with one attached hydrogen (secondary N) is 1. The van der Waals surface area contributed by atoms with Crippen LogP contribution >= 0.6 is 0 Å². The Labute approximate surface area is 141 Å². The van der Waals surface area contributed by atoms with Gasteiger partial charge in [0.15, 0.2) is 5.82 Å². The van der Waals surface area contributed by atoms with E-state index in [1.165, 1.54) is 0 Å². The molecule has 0 aliphatic heterocycles. The molecule has 6 heteroatoms. The largest absolute Gasteiger partial charge is 0.427 e. The van der Waals surface area contributed by atoms with E-state index >= 15 is 0 Å². The van der Waals surface area contributed by atoms with Gasteiger partial charge in [-0.3, -0.25) is 9.48 Å². The highest BCUT2D eigenvalue weighted by atomic mass is 16.4. The highest BCUT2D eigenvalue weighted by Gasteiger charge is 2.18. The number of hydrogen-bond acceptors (Lipinski definition) is 4. The van der Waals surface area contributed by atoms with Gasteiger partial charge in [0, 0.05) is 24.7 Å². The molecule has 0 fully saturated rings. The van der Waals surface area contributed by atoms with Gasteiger partial charge in [-0.15, -0.1) is 0 Å². The number of carbonyl (C=O) groups is 1. The third-order valence-electron chi connectivity index (χ3n) is 3.92. The van der Waals surface area contributed by atoms with E-state index in [1.807, 2.05) is 13.8 Å². The smallest absolute Gasteiger partial charge is 0.349 e. The Morgan fingerprint density at radius 1 is 1.33 bits per heavy atom. The fraction of sp³-hybridized carbons (Fsp3) is 0.500. The maximum atomic E-state index is 12.4. The van der Waals surface area contributed by atoms with Gasteiger partial charge >= 0.3 is 5.63 Å². The lowest BCUT2D eigenvalue weighted by Crippen LogP contribution is -2.23. The Hall–Kier alpha value is -2.37. The molecule has 2 heterocycles. The second kappa shape index (κ2) is 7.47. The summed E-state index contributed by atoms with van der Waals surface area (Å²) in [5.74, 6) is 1.09. The average molecular weight is 331 g/mol. The van der Waals surface area contributed by atoms with Gasteiger partial charge in [-0.1, -0.05) is 13.8 Å². The van der Waals surface area contributed by atoms with Crippen LogP contribution in [-0.2, 0) is 13.0 Å². The van der Waals surface area contributed by atoms with Gasteiger partial charge in [-0.25, -0.2) is 4.79 Å². The summed E-state index contributed by atoms with van der Waals surface area (Å²) in [6.45, 7) is 10.6. The number of rotatable bonds is 6. The van der Waals surface area contributed by atoms with Crippen molar-refractivity contribution < 1.29 is 9.21 Å². The van der Waals surface area contributed by atoms with Gasteiger partial charge in [0.2, 0.25) is 0 Å². The van der Waals surface area contributed by atoms with Crippen LogP contribution in [0.1, 0.15) is 54.6 Å². The predicted octanol–water partition coefficient (Wildman–Crippen LogP) is 3.31. The number of aryl methyl sites for hydroxylation is 4. The van der Waals surface area contributed by atoms with Crippen LogP contribution in [0.15, 0.2) is 21.3 Å². The van der Waals surface area contributed by atoms with E-state index in [0.717, 1.165) is 12.1 Å². The Balaban J connectivity index is 2.21. The Morgan fingerprint density at radius 2 is 2.04 bits per heavy atom. The van der Waals surface area contributed by atoms with Crippen LogP contribution in [0.2, 0.25) is 0 Å². The second-order valence-corrected chi connectivity index (χ2v) is 6.43. The van der Waals surface area contributed by atoms with Crippen molar-refractivity contribution in [2.24, 2.45) is 5.92 Å². The van der Waals surface area contributed by atoms with Crippen molar-refractivity contribution in [1.29, 1.82) is 0 Å². The molecule has 0 saturated carbocycles. The molecule has 0 atom stereocenters. The lowest BCUT2D eigenvalue weighted by Gasteiger charge is -2.08. The molecule has 6 nitrogen and oxygen atoms in total. The maximum Gasteiger partial charge on any atom is 0.349 e. The van der Waals surface area contributed by atoms with Gasteiger partial charge in [-0.2, -0.15) is 5.10 Å². The number of aromatic nitrogens is 2. The summed E-state index contributed by atoms with van der Waals surface area (Å²) in [7, 11) is 0. The van der Waals surface area contributed by atoms with Crippen LogP contribution in [0, 0.1) is 19.8 Å². The van der Waals surface area contributed by atoms with E-state index in [1.54, 1.807) is 23.7 Å². The van der Waals surface area contributed by atoms with Crippen LogP contribution in [-0.4, -0.2) is 15.7 Å². The molecular weight excluding hydrogens is 306 g/mol. The fourth-order valence-corrected chi connectivity index (χ4v) is 2.57. The summed E-state index contributed by atoms with van der Waals surface area (Å²) >= 11 is 0. The Morgan fingerprint density at radius 3 is 2.58 bits per heavy atom. The molecule has 0 aliphatic carbocycles. The molecule has 1 amide bonds. The topological polar surface area (TPSA) is 77.1 Å². The van der Waals surface area contributed by atoms with E-state index in [-0.39, 0.29) is 5.56 Å². The zero-order chi connectivity index (χ0) is 17.9. The van der Waals surface area contributed by atoms with Crippen LogP contribution in [0.5, 0.6) is 0 Å². The number of nitrogens with zero attached hydrogens (tertiary/aromatic N) is 2. The fourth-order valence-electron chi connectivity index (χ4n) is 2.57. The molecule has 1 N–H and O–H groups in total. The first-order valence-corrected chi connectivity index (χ1v) is 8.31. The molecule has 0 radical (unpaired) electrons. The first kappa shape index (κ1) is 18.0. The quantitative estimate of drug-likeness (QED) is 0.881. The first-order valence-electron chi connectivity index (χ1n) is 8.31. The van der Waals surface area contributed by atoms with Gasteiger partial charge in [0.25, 0.3) is 5.91 Å². The van der Waals surface area contributed by atoms with Crippen LogP contribution in [0.3, 0.4) is 0 Å². The summed E-state index contributed by atoms with van der Waals surface area (Å²) in [6, 6.07) is 3.55. The SMILES string of the molecule is CCn1nc(NC(=O)c2c(C)cc(CCC(C)C)oc2=O)cc1C. The minimum Gasteiger partial charge on any atom is -0.427 e. The van der Waals surface area contributed by atoms with E-state index in [0.29, 0.717) is 36.0 Å². The van der Waals surface area contributed by atoms with Crippen LogP contribution in [0.4, 0.5) is 5.82 Å². The van der Waals surface area contributed by atoms with E-state index in [9.17, 15) is 9.59 Å². The Bertz CT molecular complexity index is 787. The van der Waals surface area contributed by atoms with Gasteiger partial charge in [0.05, 0.1) is 0 Å². The predicted molar refractivity (Wildman–Crippen MR) is 93.5 cm³/mol. The molecule has 0 aliphatic rings. The molecule has 2 aromatic heterocycles. The molecule has 0 saturated heterocycles. The summed E-state index contributed by atoms with van der Waals surface area (Å²) in [5, 5.41) is 6.95. The Kier molecular flexibility index (Phi) is 5.59. The zero-order valence-corrected chi connectivity index (χ0v) is 15.0. The number of hydrogen-bond donors (Lipinski definition) is 1. The van der Waals surface area contributed by atoms with Crippen molar-refractivity contribution >= 4 is 11.7 Å². The monoisotopic (exact) mass is 331 g/mol. The van der Waals surface area contributed by atoms with Crippen molar-refractivity contribution in [2.45, 2.75) is 54.0 Å². The minimum absolute atomic E-state index is 0.0343. The normalized spacial score (nSPS) is 11.1. The van der Waals surface area contributed by atoms with Crippen molar-refractivity contribution in [3.05, 3.63) is 45.1 Å². The highest BCUT2D eigenvalue weighted by molar-refractivity contribution is 6.04. The standard InChI is InChI=1S/C18H25N3O3/c1-6-21-13(5)10-15(20-21)19-17(22)16-12(4)9-14(24-18(16)23)8-7-11(2)3/h9-11H,6-8H2,1-5H3,(H,19,20,22). The molecule has 0 spiro atoms. The molecule has 0 aromatic carbocycles. The van der Waals surface area contributed by atoms with Crippen LogP contribution < -0.4 is 10.9 Å². The van der Waals surface area contributed by atoms with E-state index in [4.69, 9.17) is 4.42 Å². The molecule has 2 rings (SSSR count). The van der Waals surface area contributed by atoms with Crippen molar-refractivity contribution in [2.75, 3.05) is 5.32 Å². The minimum atomic E-state index is -0.599. The summed E-state index contributed by atoms with van der Waals surface area (Å²) in [5.41, 5.74) is 1.000. The van der Waals surface area contributed by atoms with Gasteiger partial charge in [-0.05, 0) is 44.7 Å². The summed E-state index contributed by atoms with van der Waals surface area (Å²) < 4.78 is 7.08. The molecule has 2 aromatic rings. The molecule has 24 heavy (non-hydrogen) atoms. The molecular formula is C18H25N3O3. The van der Waals surface area contributed by atoms with Crippen LogP contribution in [0.25, 0.3) is 0 Å². The average Bonchev–Trinajstić information content (AvgIpc) is 2.84. The maximum absolute atomic E-state index is 12.4. The second-order valence-electron chi connectivity index (χ2n) is 6.43. The lowest BCUT2D eigenvalue weighted by atomic mass is 10.0. The van der Waals surface area contributed by atoms with Crippen molar-refractivity contribution in [3.8, 4) is 0 Å². The number of carbonyl (C=O) groups excluding carboxylic acids is 1. The number of amides is 1.